The van der Waals surface area contributed by atoms with Crippen molar-refractivity contribution in [2.75, 3.05) is 13.7 Å². The van der Waals surface area contributed by atoms with Crippen LogP contribution in [0.3, 0.4) is 0 Å². The van der Waals surface area contributed by atoms with Gasteiger partial charge in [-0.2, -0.15) is 13.2 Å². The molecule has 1 amide bonds. The maximum Gasteiger partial charge on any atom is 0.416 e. The minimum Gasteiger partial charge on any atom is -0.491 e. The van der Waals surface area contributed by atoms with Gasteiger partial charge in [0.1, 0.15) is 5.75 Å². The maximum absolute atomic E-state index is 13.2. The minimum atomic E-state index is -4.51. The van der Waals surface area contributed by atoms with Crippen molar-refractivity contribution in [2.24, 2.45) is 0 Å². The van der Waals surface area contributed by atoms with Crippen LogP contribution < -0.4 is 10.1 Å². The van der Waals surface area contributed by atoms with Crippen molar-refractivity contribution in [1.29, 1.82) is 0 Å². The van der Waals surface area contributed by atoms with Crippen LogP contribution in [-0.4, -0.2) is 25.7 Å². The number of alkyl halides is 3. The molecule has 0 aliphatic heterocycles. The number of amides is 1. The molecule has 0 radical (unpaired) electrons. The number of unbranched alkanes of at least 4 members (excludes halogenated alkanes) is 1. The number of rotatable bonds is 9. The van der Waals surface area contributed by atoms with Crippen molar-refractivity contribution in [3.8, 4) is 5.75 Å². The van der Waals surface area contributed by atoms with Gasteiger partial charge in [0.05, 0.1) is 11.7 Å². The lowest BCUT2D eigenvalue weighted by Crippen LogP contribution is -2.24. The van der Waals surface area contributed by atoms with Crippen LogP contribution in [0.2, 0.25) is 0 Å². The van der Waals surface area contributed by atoms with E-state index in [0.29, 0.717) is 13.0 Å². The monoisotopic (exact) mass is 347 g/mol. The number of ether oxygens (including phenoxy) is 2. The number of methoxy groups -OCH3 is 1. The van der Waals surface area contributed by atoms with Crippen molar-refractivity contribution >= 4 is 5.91 Å². The summed E-state index contributed by atoms with van der Waals surface area (Å²) in [6, 6.07) is 3.79. The van der Waals surface area contributed by atoms with Crippen LogP contribution in [-0.2, 0) is 22.3 Å². The van der Waals surface area contributed by atoms with Gasteiger partial charge < -0.3 is 14.8 Å². The van der Waals surface area contributed by atoms with Crippen LogP contribution in [0.4, 0.5) is 13.2 Å². The molecule has 1 N–H and O–H groups in total. The Balaban J connectivity index is 2.71. The molecule has 1 aromatic carbocycles. The number of hydrogen-bond acceptors (Lipinski definition) is 3. The third-order valence-corrected chi connectivity index (χ3v) is 3.24. The third-order valence-electron chi connectivity index (χ3n) is 3.24. The predicted octanol–water partition coefficient (Wildman–Crippen LogP) is 3.93. The minimum absolute atomic E-state index is 0.0175. The van der Waals surface area contributed by atoms with Gasteiger partial charge in [0.2, 0.25) is 5.91 Å². The quantitative estimate of drug-likeness (QED) is 0.689. The second kappa shape index (κ2) is 9.52. The van der Waals surface area contributed by atoms with E-state index in [-0.39, 0.29) is 36.3 Å². The van der Waals surface area contributed by atoms with E-state index in [0.717, 1.165) is 12.5 Å². The molecule has 1 aromatic rings. The predicted molar refractivity (Wildman–Crippen MR) is 84.8 cm³/mol. The highest BCUT2D eigenvalue weighted by atomic mass is 19.4. The van der Waals surface area contributed by atoms with Crippen molar-refractivity contribution in [1.82, 2.24) is 5.32 Å². The Morgan fingerprint density at radius 1 is 1.25 bits per heavy atom. The van der Waals surface area contributed by atoms with Gasteiger partial charge in [0.25, 0.3) is 0 Å². The Hall–Kier alpha value is -1.76. The Morgan fingerprint density at radius 2 is 1.96 bits per heavy atom. The number of halogens is 3. The molecule has 0 bridgehead atoms. The Labute approximate surface area is 140 Å². The summed E-state index contributed by atoms with van der Waals surface area (Å²) < 4.78 is 49.8. The molecule has 0 saturated heterocycles. The zero-order valence-corrected chi connectivity index (χ0v) is 14.2. The lowest BCUT2D eigenvalue weighted by atomic mass is 10.1. The lowest BCUT2D eigenvalue weighted by molar-refractivity contribution is -0.138. The second-order valence-electron chi connectivity index (χ2n) is 5.71. The van der Waals surface area contributed by atoms with Crippen LogP contribution in [0.1, 0.15) is 44.2 Å². The summed E-state index contributed by atoms with van der Waals surface area (Å²) in [4.78, 5) is 11.7. The van der Waals surface area contributed by atoms with E-state index in [2.05, 4.69) is 5.32 Å². The average molecular weight is 347 g/mol. The van der Waals surface area contributed by atoms with E-state index >= 15 is 0 Å². The number of benzene rings is 1. The van der Waals surface area contributed by atoms with Crippen molar-refractivity contribution in [3.63, 3.8) is 0 Å². The Morgan fingerprint density at radius 3 is 2.54 bits per heavy atom. The molecule has 0 aliphatic rings. The zero-order chi connectivity index (χ0) is 18.2. The van der Waals surface area contributed by atoms with E-state index in [1.165, 1.54) is 12.1 Å². The third kappa shape index (κ3) is 7.21. The van der Waals surface area contributed by atoms with E-state index in [1.807, 2.05) is 0 Å². The fourth-order valence-corrected chi connectivity index (χ4v) is 2.13. The molecule has 0 atom stereocenters. The molecule has 0 fully saturated rings. The van der Waals surface area contributed by atoms with E-state index < -0.39 is 11.7 Å². The Bertz CT molecular complexity index is 530. The first kappa shape index (κ1) is 20.3. The molecule has 0 spiro atoms. The highest BCUT2D eigenvalue weighted by Gasteiger charge is 2.33. The van der Waals surface area contributed by atoms with Gasteiger partial charge in [0, 0.05) is 26.7 Å². The molecule has 0 heterocycles. The zero-order valence-electron chi connectivity index (χ0n) is 14.2. The van der Waals surface area contributed by atoms with Gasteiger partial charge >= 0.3 is 6.18 Å². The van der Waals surface area contributed by atoms with Gasteiger partial charge in [-0.3, -0.25) is 4.79 Å². The Kier molecular flexibility index (Phi) is 8.04. The molecular formula is C17H24F3NO3. The van der Waals surface area contributed by atoms with E-state index in [4.69, 9.17) is 9.47 Å². The lowest BCUT2D eigenvalue weighted by Gasteiger charge is -2.17. The molecule has 0 saturated carbocycles. The van der Waals surface area contributed by atoms with Crippen molar-refractivity contribution < 1.29 is 27.4 Å². The molecule has 136 valence electrons. The fourth-order valence-electron chi connectivity index (χ4n) is 2.13. The second-order valence-corrected chi connectivity index (χ2v) is 5.71. The van der Waals surface area contributed by atoms with Crippen LogP contribution in [0, 0.1) is 0 Å². The molecule has 1 rings (SSSR count). The molecule has 0 aliphatic carbocycles. The topological polar surface area (TPSA) is 47.6 Å². The molecule has 24 heavy (non-hydrogen) atoms. The summed E-state index contributed by atoms with van der Waals surface area (Å²) >= 11 is 0. The van der Waals surface area contributed by atoms with Crippen molar-refractivity contribution in [2.45, 2.75) is 51.9 Å². The van der Waals surface area contributed by atoms with Crippen LogP contribution in [0.5, 0.6) is 5.75 Å². The van der Waals surface area contributed by atoms with Crippen LogP contribution in [0.15, 0.2) is 18.2 Å². The normalized spacial score (nSPS) is 11.6. The molecule has 0 aromatic heterocycles. The molecular weight excluding hydrogens is 323 g/mol. The van der Waals surface area contributed by atoms with Crippen LogP contribution in [0.25, 0.3) is 0 Å². The number of carbonyl (C=O) groups is 1. The number of hydrogen-bond donors (Lipinski definition) is 1. The molecule has 4 nitrogen and oxygen atoms in total. The highest BCUT2D eigenvalue weighted by molar-refractivity contribution is 5.75. The summed E-state index contributed by atoms with van der Waals surface area (Å²) in [5, 5.41) is 2.53. The van der Waals surface area contributed by atoms with Crippen LogP contribution >= 0.6 is 0 Å². The molecule has 0 unspecified atom stereocenters. The fraction of sp³-hybridized carbons (Fsp3) is 0.588. The highest BCUT2D eigenvalue weighted by Crippen LogP contribution is 2.34. The van der Waals surface area contributed by atoms with Gasteiger partial charge in [0.15, 0.2) is 0 Å². The SMILES string of the molecule is COCCCCC(=O)NCc1ccc(OC(C)C)cc1C(F)(F)F. The largest absolute Gasteiger partial charge is 0.491 e. The van der Waals surface area contributed by atoms with Gasteiger partial charge in [-0.15, -0.1) is 0 Å². The summed E-state index contributed by atoms with van der Waals surface area (Å²) in [6.07, 6.45) is -3.09. The number of carbonyl (C=O) groups excluding carboxylic acids is 1. The standard InChI is InChI=1S/C17H24F3NO3/c1-12(2)24-14-8-7-13(15(10-14)17(18,19)20)11-21-16(22)6-4-5-9-23-3/h7-8,10,12H,4-6,9,11H2,1-3H3,(H,21,22). The van der Waals surface area contributed by atoms with Gasteiger partial charge in [-0.1, -0.05) is 6.07 Å². The summed E-state index contributed by atoms with van der Waals surface area (Å²) in [5.74, 6) is -0.117. The van der Waals surface area contributed by atoms with E-state index in [1.54, 1.807) is 21.0 Å². The average Bonchev–Trinajstić information content (AvgIpc) is 2.48. The first-order valence-electron chi connectivity index (χ1n) is 7.86. The van der Waals surface area contributed by atoms with Crippen molar-refractivity contribution in [3.05, 3.63) is 29.3 Å². The summed E-state index contributed by atoms with van der Waals surface area (Å²) in [6.45, 7) is 3.87. The number of nitrogens with one attached hydrogen (secondary N) is 1. The first-order valence-corrected chi connectivity index (χ1v) is 7.86. The first-order chi connectivity index (χ1) is 11.2. The van der Waals surface area contributed by atoms with E-state index in [9.17, 15) is 18.0 Å². The summed E-state index contributed by atoms with van der Waals surface area (Å²) in [5.41, 5.74) is -0.774. The van der Waals surface area contributed by atoms with Gasteiger partial charge in [-0.05, 0) is 44.4 Å². The van der Waals surface area contributed by atoms with Gasteiger partial charge in [-0.25, -0.2) is 0 Å². The summed E-state index contributed by atoms with van der Waals surface area (Å²) in [7, 11) is 1.57. The molecule has 7 heteroatoms. The smallest absolute Gasteiger partial charge is 0.416 e. The maximum atomic E-state index is 13.2.